The molecule has 1 saturated carbocycles. The minimum atomic E-state index is 0.104. The number of phenolic OH excluding ortho intramolecular Hbond substituents is 2. The Hall–Kier alpha value is -2.62. The molecular weight excluding hydrogens is 384 g/mol. The van der Waals surface area contributed by atoms with E-state index in [-0.39, 0.29) is 12.1 Å². The lowest BCUT2D eigenvalue weighted by Gasteiger charge is -2.13. The quantitative estimate of drug-likeness (QED) is 0.508. The van der Waals surface area contributed by atoms with E-state index in [0.717, 1.165) is 67.2 Å². The van der Waals surface area contributed by atoms with Crippen molar-refractivity contribution >= 4 is 12.4 Å². The van der Waals surface area contributed by atoms with Crippen molar-refractivity contribution in [2.75, 3.05) is 0 Å². The molecule has 2 unspecified atom stereocenters. The highest BCUT2D eigenvalue weighted by molar-refractivity contribution is 5.85. The van der Waals surface area contributed by atoms with Gasteiger partial charge in [0.2, 0.25) is 0 Å². The lowest BCUT2D eigenvalue weighted by molar-refractivity contribution is 0.469. The van der Waals surface area contributed by atoms with Crippen LogP contribution < -0.4 is 0 Å². The van der Waals surface area contributed by atoms with Crippen LogP contribution in [0.1, 0.15) is 79.3 Å². The van der Waals surface area contributed by atoms with E-state index < -0.39 is 0 Å². The van der Waals surface area contributed by atoms with E-state index in [9.17, 15) is 10.2 Å². The molecular formula is C27H36N2O2. The molecule has 0 heterocycles. The van der Waals surface area contributed by atoms with Crippen LogP contribution in [0.4, 0.5) is 0 Å². The van der Waals surface area contributed by atoms with E-state index >= 15 is 0 Å². The Labute approximate surface area is 186 Å². The first-order chi connectivity index (χ1) is 14.9. The summed E-state index contributed by atoms with van der Waals surface area (Å²) < 4.78 is 0. The summed E-state index contributed by atoms with van der Waals surface area (Å²) in [5.74, 6) is 0.629. The van der Waals surface area contributed by atoms with Crippen molar-refractivity contribution in [1.29, 1.82) is 0 Å². The maximum absolute atomic E-state index is 10.5. The molecule has 0 amide bonds. The molecule has 2 aromatic rings. The van der Waals surface area contributed by atoms with Crippen molar-refractivity contribution in [3.8, 4) is 11.5 Å². The van der Waals surface area contributed by atoms with E-state index in [1.54, 1.807) is 0 Å². The highest BCUT2D eigenvalue weighted by Crippen LogP contribution is 2.28. The highest BCUT2D eigenvalue weighted by Gasteiger charge is 2.25. The van der Waals surface area contributed by atoms with Crippen molar-refractivity contribution in [2.45, 2.75) is 84.7 Å². The molecule has 3 rings (SSSR count). The van der Waals surface area contributed by atoms with Crippen LogP contribution in [-0.2, 0) is 12.8 Å². The van der Waals surface area contributed by atoms with Crippen LogP contribution in [0.2, 0.25) is 0 Å². The zero-order valence-electron chi connectivity index (χ0n) is 19.4. The maximum atomic E-state index is 10.5. The number of nitrogens with zero attached hydrogens (tertiary/aromatic N) is 2. The van der Waals surface area contributed by atoms with Gasteiger partial charge in [0.1, 0.15) is 11.5 Å². The van der Waals surface area contributed by atoms with Gasteiger partial charge in [0.05, 0.1) is 12.1 Å². The Morgan fingerprint density at radius 1 is 0.774 bits per heavy atom. The van der Waals surface area contributed by atoms with E-state index in [2.05, 4.69) is 26.0 Å². The minimum absolute atomic E-state index is 0.104. The topological polar surface area (TPSA) is 65.2 Å². The average molecular weight is 421 g/mol. The second-order valence-electron chi connectivity index (χ2n) is 8.82. The number of aryl methyl sites for hydroxylation is 4. The molecule has 0 bridgehead atoms. The van der Waals surface area contributed by atoms with Crippen LogP contribution >= 0.6 is 0 Å². The number of aromatic hydroxyl groups is 2. The minimum Gasteiger partial charge on any atom is -0.507 e. The molecule has 2 atom stereocenters. The monoisotopic (exact) mass is 420 g/mol. The first kappa shape index (κ1) is 23.1. The van der Waals surface area contributed by atoms with Crippen molar-refractivity contribution in [1.82, 2.24) is 0 Å². The molecule has 4 heteroatoms. The highest BCUT2D eigenvalue weighted by atomic mass is 16.3. The lowest BCUT2D eigenvalue weighted by Crippen LogP contribution is -2.16. The zero-order chi connectivity index (χ0) is 22.4. The van der Waals surface area contributed by atoms with Gasteiger partial charge < -0.3 is 10.2 Å². The second-order valence-corrected chi connectivity index (χ2v) is 8.82. The molecule has 1 fully saturated rings. The van der Waals surface area contributed by atoms with Gasteiger partial charge in [0.25, 0.3) is 0 Å². The first-order valence-corrected chi connectivity index (χ1v) is 11.6. The summed E-state index contributed by atoms with van der Waals surface area (Å²) in [5, 5.41) is 20.9. The summed E-state index contributed by atoms with van der Waals surface area (Å²) in [6, 6.07) is 8.41. The SMILES string of the molecule is CCCc1cc(C)c(O)c(C=NC2CCCC2N=Cc2cc(CCC)cc(C)c2O)c1. The van der Waals surface area contributed by atoms with E-state index in [4.69, 9.17) is 9.98 Å². The van der Waals surface area contributed by atoms with E-state index in [1.165, 1.54) is 11.1 Å². The fourth-order valence-electron chi connectivity index (χ4n) is 4.45. The third-order valence-corrected chi connectivity index (χ3v) is 6.11. The van der Waals surface area contributed by atoms with Crippen LogP contribution in [0.15, 0.2) is 34.3 Å². The molecule has 0 spiro atoms. The van der Waals surface area contributed by atoms with Gasteiger partial charge >= 0.3 is 0 Å². The van der Waals surface area contributed by atoms with Crippen molar-refractivity contribution < 1.29 is 10.2 Å². The predicted molar refractivity (Wildman–Crippen MR) is 130 cm³/mol. The number of aliphatic imine (C=N–C) groups is 2. The number of hydrogen-bond donors (Lipinski definition) is 2. The Kier molecular flexibility index (Phi) is 7.89. The smallest absolute Gasteiger partial charge is 0.127 e. The first-order valence-electron chi connectivity index (χ1n) is 11.6. The summed E-state index contributed by atoms with van der Waals surface area (Å²) in [7, 11) is 0. The van der Waals surface area contributed by atoms with Gasteiger partial charge in [-0.1, -0.05) is 38.8 Å². The van der Waals surface area contributed by atoms with Gasteiger partial charge in [0, 0.05) is 23.6 Å². The van der Waals surface area contributed by atoms with Gasteiger partial charge in [-0.2, -0.15) is 0 Å². The number of hydrogen-bond acceptors (Lipinski definition) is 4. The molecule has 2 N–H and O–H groups in total. The van der Waals surface area contributed by atoms with Gasteiger partial charge in [-0.25, -0.2) is 0 Å². The van der Waals surface area contributed by atoms with Gasteiger partial charge in [-0.05, 0) is 80.3 Å². The lowest BCUT2D eigenvalue weighted by atomic mass is 10.0. The molecule has 1 aliphatic rings. The average Bonchev–Trinajstić information content (AvgIpc) is 3.19. The van der Waals surface area contributed by atoms with E-state index in [0.29, 0.717) is 11.5 Å². The summed E-state index contributed by atoms with van der Waals surface area (Å²) >= 11 is 0. The van der Waals surface area contributed by atoms with Crippen LogP contribution in [0.5, 0.6) is 11.5 Å². The molecule has 4 nitrogen and oxygen atoms in total. The normalized spacial score (nSPS) is 19.1. The maximum Gasteiger partial charge on any atom is 0.127 e. The van der Waals surface area contributed by atoms with Crippen molar-refractivity contribution in [2.24, 2.45) is 9.98 Å². The molecule has 166 valence electrons. The Bertz CT molecular complexity index is 885. The second kappa shape index (κ2) is 10.6. The summed E-state index contributed by atoms with van der Waals surface area (Å²) in [5.41, 5.74) is 5.84. The summed E-state index contributed by atoms with van der Waals surface area (Å²) in [6.45, 7) is 8.20. The molecule has 0 radical (unpaired) electrons. The number of phenols is 2. The fraction of sp³-hybridized carbons (Fsp3) is 0.481. The number of rotatable bonds is 8. The Balaban J connectivity index is 1.78. The van der Waals surface area contributed by atoms with Crippen LogP contribution in [0.25, 0.3) is 0 Å². The van der Waals surface area contributed by atoms with Crippen molar-refractivity contribution in [3.63, 3.8) is 0 Å². The fourth-order valence-corrected chi connectivity index (χ4v) is 4.45. The van der Waals surface area contributed by atoms with Gasteiger partial charge in [-0.3, -0.25) is 9.98 Å². The Morgan fingerprint density at radius 3 is 1.58 bits per heavy atom. The van der Waals surface area contributed by atoms with E-state index in [1.807, 2.05) is 38.4 Å². The van der Waals surface area contributed by atoms with Gasteiger partial charge in [-0.15, -0.1) is 0 Å². The van der Waals surface area contributed by atoms with Crippen molar-refractivity contribution in [3.05, 3.63) is 57.6 Å². The largest absolute Gasteiger partial charge is 0.507 e. The van der Waals surface area contributed by atoms with Gasteiger partial charge in [0.15, 0.2) is 0 Å². The third-order valence-electron chi connectivity index (χ3n) is 6.11. The van der Waals surface area contributed by atoms with Crippen LogP contribution in [0.3, 0.4) is 0 Å². The standard InChI is InChI=1S/C27H36N2O2/c1-5-8-20-12-18(3)26(30)22(14-20)16-28-24-10-7-11-25(24)29-17-23-15-21(9-6-2)13-19(4)27(23)31/h12-17,24-25,30-31H,5-11H2,1-4H3. The Morgan fingerprint density at radius 2 is 1.19 bits per heavy atom. The molecule has 2 aromatic carbocycles. The third kappa shape index (κ3) is 5.75. The number of benzene rings is 2. The summed E-state index contributed by atoms with van der Waals surface area (Å²) in [6.07, 6.45) is 10.9. The molecule has 0 aliphatic heterocycles. The molecule has 0 aromatic heterocycles. The van der Waals surface area contributed by atoms with Crippen LogP contribution in [0, 0.1) is 13.8 Å². The predicted octanol–water partition coefficient (Wildman–Crippen LogP) is 6.08. The van der Waals surface area contributed by atoms with Crippen LogP contribution in [-0.4, -0.2) is 34.7 Å². The molecule has 1 aliphatic carbocycles. The zero-order valence-corrected chi connectivity index (χ0v) is 19.4. The molecule has 31 heavy (non-hydrogen) atoms. The summed E-state index contributed by atoms with van der Waals surface area (Å²) in [4.78, 5) is 9.63. The molecule has 0 saturated heterocycles.